The summed E-state index contributed by atoms with van der Waals surface area (Å²) >= 11 is 0. The molecule has 0 saturated heterocycles. The van der Waals surface area contributed by atoms with E-state index in [9.17, 15) is 4.79 Å². The summed E-state index contributed by atoms with van der Waals surface area (Å²) in [5.41, 5.74) is 3.61. The number of benzene rings is 1. The number of carbonyl (C=O) groups is 1. The Bertz CT molecular complexity index is 672. The predicted octanol–water partition coefficient (Wildman–Crippen LogP) is 4.07. The van der Waals surface area contributed by atoms with Crippen molar-refractivity contribution >= 4 is 5.97 Å². The first-order chi connectivity index (χ1) is 11.1. The van der Waals surface area contributed by atoms with E-state index >= 15 is 0 Å². The number of allylic oxidation sites excluding steroid dienone is 3. The molecule has 0 amide bonds. The van der Waals surface area contributed by atoms with Crippen LogP contribution in [0.3, 0.4) is 0 Å². The van der Waals surface area contributed by atoms with E-state index < -0.39 is 5.97 Å². The Morgan fingerprint density at radius 3 is 3.04 bits per heavy atom. The molecule has 4 nitrogen and oxygen atoms in total. The van der Waals surface area contributed by atoms with Crippen molar-refractivity contribution in [2.45, 2.75) is 45.1 Å². The number of aliphatic carboxylic acids is 1. The fourth-order valence-corrected chi connectivity index (χ4v) is 3.34. The third-order valence-electron chi connectivity index (χ3n) is 4.60. The van der Waals surface area contributed by atoms with E-state index in [4.69, 9.17) is 14.6 Å². The van der Waals surface area contributed by atoms with E-state index in [0.29, 0.717) is 6.61 Å². The molecule has 1 aromatic rings. The van der Waals surface area contributed by atoms with E-state index in [1.807, 2.05) is 25.1 Å². The van der Waals surface area contributed by atoms with Gasteiger partial charge in [0.25, 0.3) is 0 Å². The number of carboxylic acids is 1. The molecule has 23 heavy (non-hydrogen) atoms. The van der Waals surface area contributed by atoms with Gasteiger partial charge in [-0.1, -0.05) is 18.2 Å². The van der Waals surface area contributed by atoms with Crippen molar-refractivity contribution < 1.29 is 19.4 Å². The summed E-state index contributed by atoms with van der Waals surface area (Å²) in [6.07, 6.45) is 6.46. The Hall–Kier alpha value is -2.23. The van der Waals surface area contributed by atoms with E-state index in [0.717, 1.165) is 29.9 Å². The van der Waals surface area contributed by atoms with Crippen molar-refractivity contribution in [3.05, 3.63) is 47.1 Å². The van der Waals surface area contributed by atoms with Crippen LogP contribution in [-0.2, 0) is 4.79 Å². The van der Waals surface area contributed by atoms with Gasteiger partial charge < -0.3 is 14.6 Å². The quantitative estimate of drug-likeness (QED) is 0.890. The van der Waals surface area contributed by atoms with Gasteiger partial charge in [0.2, 0.25) is 0 Å². The molecule has 1 aliphatic carbocycles. The molecule has 3 rings (SSSR count). The van der Waals surface area contributed by atoms with Crippen LogP contribution in [0.1, 0.15) is 44.6 Å². The first-order valence-electron chi connectivity index (χ1n) is 8.06. The molecule has 0 fully saturated rings. The molecule has 1 heterocycles. The average Bonchev–Trinajstić information content (AvgIpc) is 3.05. The molecule has 1 aliphatic heterocycles. The van der Waals surface area contributed by atoms with Gasteiger partial charge in [-0.05, 0) is 43.9 Å². The standard InChI is InChI=1S/C19H22O4/c1-3-4-13-5-8-17(12(13)2)23-15-6-7-16-14(9-19(20)21)11-22-18(16)10-15/h3-4,6-7,10,14,17H,5,8-9,11H2,1-2H3,(H,20,21). The van der Waals surface area contributed by atoms with Crippen LogP contribution in [0.2, 0.25) is 0 Å². The van der Waals surface area contributed by atoms with Crippen LogP contribution >= 0.6 is 0 Å². The number of rotatable bonds is 5. The zero-order valence-corrected chi connectivity index (χ0v) is 13.5. The van der Waals surface area contributed by atoms with Crippen molar-refractivity contribution in [2.24, 2.45) is 0 Å². The third-order valence-corrected chi connectivity index (χ3v) is 4.60. The van der Waals surface area contributed by atoms with Gasteiger partial charge in [0.05, 0.1) is 13.0 Å². The molecule has 2 atom stereocenters. The summed E-state index contributed by atoms with van der Waals surface area (Å²) < 4.78 is 11.8. The second-order valence-corrected chi connectivity index (χ2v) is 6.16. The van der Waals surface area contributed by atoms with E-state index in [2.05, 4.69) is 19.1 Å². The number of hydrogen-bond donors (Lipinski definition) is 1. The fraction of sp³-hybridized carbons (Fsp3) is 0.421. The lowest BCUT2D eigenvalue weighted by Crippen LogP contribution is -2.14. The topological polar surface area (TPSA) is 55.8 Å². The van der Waals surface area contributed by atoms with Crippen LogP contribution < -0.4 is 9.47 Å². The maximum atomic E-state index is 10.9. The zero-order chi connectivity index (χ0) is 16.4. The van der Waals surface area contributed by atoms with Crippen LogP contribution in [0.5, 0.6) is 11.5 Å². The molecule has 0 aromatic heterocycles. The predicted molar refractivity (Wildman–Crippen MR) is 88.1 cm³/mol. The molecule has 0 radical (unpaired) electrons. The smallest absolute Gasteiger partial charge is 0.304 e. The fourth-order valence-electron chi connectivity index (χ4n) is 3.34. The highest BCUT2D eigenvalue weighted by atomic mass is 16.5. The average molecular weight is 314 g/mol. The first kappa shape index (κ1) is 15.7. The highest BCUT2D eigenvalue weighted by molar-refractivity contribution is 5.68. The van der Waals surface area contributed by atoms with Crippen molar-refractivity contribution in [3.8, 4) is 11.5 Å². The number of fused-ring (bicyclic) bond motifs is 1. The third kappa shape index (κ3) is 3.26. The minimum atomic E-state index is -0.796. The Kier molecular flexibility index (Phi) is 4.42. The Balaban J connectivity index is 1.73. The van der Waals surface area contributed by atoms with E-state index in [1.54, 1.807) is 0 Å². The normalized spacial score (nSPS) is 23.2. The van der Waals surface area contributed by atoms with Gasteiger partial charge in [0.1, 0.15) is 17.6 Å². The van der Waals surface area contributed by atoms with Crippen LogP contribution in [0.15, 0.2) is 41.5 Å². The van der Waals surface area contributed by atoms with Crippen molar-refractivity contribution in [3.63, 3.8) is 0 Å². The van der Waals surface area contributed by atoms with Crippen LogP contribution in [0.25, 0.3) is 0 Å². The Labute approximate surface area is 136 Å². The van der Waals surface area contributed by atoms with Gasteiger partial charge >= 0.3 is 5.97 Å². The van der Waals surface area contributed by atoms with Crippen LogP contribution in [0.4, 0.5) is 0 Å². The summed E-state index contributed by atoms with van der Waals surface area (Å²) in [4.78, 5) is 10.9. The maximum Gasteiger partial charge on any atom is 0.304 e. The molecule has 0 spiro atoms. The molecule has 2 aliphatic rings. The molecule has 1 N–H and O–H groups in total. The highest BCUT2D eigenvalue weighted by Gasteiger charge is 2.28. The van der Waals surface area contributed by atoms with Crippen molar-refractivity contribution in [1.82, 2.24) is 0 Å². The highest BCUT2D eigenvalue weighted by Crippen LogP contribution is 2.39. The monoisotopic (exact) mass is 314 g/mol. The molecular weight excluding hydrogens is 292 g/mol. The van der Waals surface area contributed by atoms with Gasteiger partial charge in [0.15, 0.2) is 0 Å². The zero-order valence-electron chi connectivity index (χ0n) is 13.5. The van der Waals surface area contributed by atoms with E-state index in [-0.39, 0.29) is 18.4 Å². The van der Waals surface area contributed by atoms with Crippen molar-refractivity contribution in [2.75, 3.05) is 6.61 Å². The van der Waals surface area contributed by atoms with Crippen LogP contribution in [-0.4, -0.2) is 23.8 Å². The lowest BCUT2D eigenvalue weighted by Gasteiger charge is -2.16. The molecule has 2 unspecified atom stereocenters. The number of hydrogen-bond acceptors (Lipinski definition) is 3. The lowest BCUT2D eigenvalue weighted by atomic mass is 9.98. The maximum absolute atomic E-state index is 10.9. The molecule has 0 bridgehead atoms. The summed E-state index contributed by atoms with van der Waals surface area (Å²) in [7, 11) is 0. The van der Waals surface area contributed by atoms with Gasteiger partial charge in [-0.25, -0.2) is 0 Å². The lowest BCUT2D eigenvalue weighted by molar-refractivity contribution is -0.137. The SMILES string of the molecule is CC=CC1=C(C)C(Oc2ccc3c(c2)OCC3CC(=O)O)CC1. The van der Waals surface area contributed by atoms with Gasteiger partial charge in [-0.2, -0.15) is 0 Å². The first-order valence-corrected chi connectivity index (χ1v) is 8.06. The molecule has 4 heteroatoms. The minimum Gasteiger partial charge on any atom is -0.492 e. The number of carboxylic acid groups (broad SMARTS) is 1. The summed E-state index contributed by atoms with van der Waals surface area (Å²) in [5, 5.41) is 8.95. The summed E-state index contributed by atoms with van der Waals surface area (Å²) in [5.74, 6) is 0.675. The molecule has 122 valence electrons. The Morgan fingerprint density at radius 2 is 2.30 bits per heavy atom. The molecule has 0 saturated carbocycles. The molecule has 1 aromatic carbocycles. The largest absolute Gasteiger partial charge is 0.492 e. The van der Waals surface area contributed by atoms with Gasteiger partial charge in [-0.15, -0.1) is 0 Å². The summed E-state index contributed by atoms with van der Waals surface area (Å²) in [6.45, 7) is 4.58. The summed E-state index contributed by atoms with van der Waals surface area (Å²) in [6, 6.07) is 5.74. The second-order valence-electron chi connectivity index (χ2n) is 6.16. The van der Waals surface area contributed by atoms with E-state index in [1.165, 1.54) is 11.1 Å². The second kappa shape index (κ2) is 6.49. The molecular formula is C19H22O4. The number of ether oxygens (including phenoxy) is 2. The minimum absolute atomic E-state index is 0.0639. The van der Waals surface area contributed by atoms with Gasteiger partial charge in [-0.3, -0.25) is 4.79 Å². The van der Waals surface area contributed by atoms with Crippen LogP contribution in [0, 0.1) is 0 Å². The van der Waals surface area contributed by atoms with Crippen molar-refractivity contribution in [1.29, 1.82) is 0 Å². The van der Waals surface area contributed by atoms with Gasteiger partial charge in [0, 0.05) is 17.5 Å². The Morgan fingerprint density at radius 1 is 1.48 bits per heavy atom.